The van der Waals surface area contributed by atoms with Crippen LogP contribution in [-0.4, -0.2) is 19.6 Å². The Morgan fingerprint density at radius 3 is 2.11 bits per heavy atom. The van der Waals surface area contributed by atoms with Gasteiger partial charge < -0.3 is 14.4 Å². The molecular weight excluding hydrogens is 870 g/mol. The molecule has 56 heavy (non-hydrogen) atoms. The maximum Gasteiger partial charge on any atom is 0.152 e. The molecular formula is C50H34N3O2Pt-. The van der Waals surface area contributed by atoms with Crippen LogP contribution in [0.15, 0.2) is 146 Å². The number of pyridine rings is 2. The van der Waals surface area contributed by atoms with Crippen molar-refractivity contribution in [1.82, 2.24) is 14.5 Å². The van der Waals surface area contributed by atoms with Crippen molar-refractivity contribution in [3.8, 4) is 56.6 Å². The summed E-state index contributed by atoms with van der Waals surface area (Å²) in [5, 5.41) is 19.1. The van der Waals surface area contributed by atoms with Crippen LogP contribution in [0.5, 0.6) is 17.2 Å². The number of aromatic hydroxyl groups is 1. The number of phenolic OH excluding ortho intramolecular Hbond substituents is 1. The van der Waals surface area contributed by atoms with Crippen molar-refractivity contribution in [3.05, 3.63) is 157 Å². The Morgan fingerprint density at radius 1 is 0.607 bits per heavy atom. The van der Waals surface area contributed by atoms with Crippen molar-refractivity contribution < 1.29 is 30.9 Å². The Morgan fingerprint density at radius 2 is 1.30 bits per heavy atom. The average molecular weight is 904 g/mol. The fourth-order valence-corrected chi connectivity index (χ4v) is 8.44. The Balaban J connectivity index is 0.00000384. The first kappa shape index (κ1) is 34.2. The number of ether oxygens (including phenoxy) is 1. The Kier molecular flexibility index (Phi) is 7.71. The van der Waals surface area contributed by atoms with E-state index in [9.17, 15) is 5.11 Å². The minimum absolute atomic E-state index is 0. The first-order valence-corrected chi connectivity index (χ1v) is 18.6. The zero-order chi connectivity index (χ0) is 37.0. The minimum Gasteiger partial charge on any atom is -0.506 e. The summed E-state index contributed by atoms with van der Waals surface area (Å²) in [7, 11) is 0. The monoisotopic (exact) mass is 903 g/mol. The van der Waals surface area contributed by atoms with Crippen molar-refractivity contribution in [2.75, 3.05) is 0 Å². The molecule has 0 radical (unpaired) electrons. The SMILES string of the molecule is CC(C)(C)c1cc(-c2cc(-c3ccccc3)ccn2)[c-]c(-c2ccc3c4ccccc4c4cc5c(c(O)c4c3n2)c2cccc3c2n5-c2ccccc2O3)c1.[Pt]. The van der Waals surface area contributed by atoms with Crippen molar-refractivity contribution in [1.29, 1.82) is 0 Å². The van der Waals surface area contributed by atoms with Gasteiger partial charge in [-0.15, -0.1) is 23.8 Å². The second-order valence-electron chi connectivity index (χ2n) is 15.5. The van der Waals surface area contributed by atoms with E-state index in [0.29, 0.717) is 0 Å². The van der Waals surface area contributed by atoms with E-state index in [4.69, 9.17) is 14.7 Å². The van der Waals surface area contributed by atoms with Crippen LogP contribution in [-0.2, 0) is 26.5 Å². The quantitative estimate of drug-likeness (QED) is 0.142. The summed E-state index contributed by atoms with van der Waals surface area (Å²) in [4.78, 5) is 10.3. The fourth-order valence-electron chi connectivity index (χ4n) is 8.44. The molecule has 272 valence electrons. The molecule has 0 saturated heterocycles. The normalized spacial score (nSPS) is 12.3. The third-order valence-corrected chi connectivity index (χ3v) is 11.1. The van der Waals surface area contributed by atoms with Gasteiger partial charge >= 0.3 is 0 Å². The predicted octanol–water partition coefficient (Wildman–Crippen LogP) is 12.9. The van der Waals surface area contributed by atoms with E-state index in [1.54, 1.807) is 0 Å². The number of nitrogens with zero attached hydrogens (tertiary/aromatic N) is 3. The molecule has 1 N–H and O–H groups in total. The van der Waals surface area contributed by atoms with Crippen LogP contribution >= 0.6 is 0 Å². The molecule has 0 aliphatic carbocycles. The molecule has 0 amide bonds. The van der Waals surface area contributed by atoms with Gasteiger partial charge in [-0.25, -0.2) is 0 Å². The summed E-state index contributed by atoms with van der Waals surface area (Å²) < 4.78 is 8.64. The molecule has 0 atom stereocenters. The maximum absolute atomic E-state index is 12.6. The summed E-state index contributed by atoms with van der Waals surface area (Å²) in [6.45, 7) is 6.68. The van der Waals surface area contributed by atoms with Crippen LogP contribution in [0.25, 0.3) is 93.6 Å². The molecule has 1 aliphatic heterocycles. The van der Waals surface area contributed by atoms with Crippen LogP contribution < -0.4 is 4.74 Å². The zero-order valence-electron chi connectivity index (χ0n) is 30.9. The fraction of sp³-hybridized carbons (Fsp3) is 0.0800. The summed E-state index contributed by atoms with van der Waals surface area (Å²) >= 11 is 0. The standard InChI is InChI=1S/C50H34N3O2.Pt/c1-50(2,3)33-25-31(24-32(26-33)40-27-30(22-23-51-40)29-12-5-4-6-13-29)39-21-20-36-34-14-7-8-15-35(34)38-28-42-45(49(54)46(38)47(36)52-39)37-16-11-19-44-48(37)53(42)41-17-9-10-18-43(41)55-44;/h4-23,25-28,54H,1-3H3;/q-1;. The minimum atomic E-state index is -0.141. The van der Waals surface area contributed by atoms with Gasteiger partial charge in [-0.05, 0) is 63.0 Å². The number of rotatable bonds is 3. The van der Waals surface area contributed by atoms with Crippen LogP contribution in [0, 0.1) is 6.07 Å². The molecule has 7 aromatic carbocycles. The van der Waals surface area contributed by atoms with Crippen LogP contribution in [0.1, 0.15) is 26.3 Å². The third kappa shape index (κ3) is 5.11. The van der Waals surface area contributed by atoms with Crippen LogP contribution in [0.2, 0.25) is 0 Å². The molecule has 4 heterocycles. The molecule has 0 fully saturated rings. The van der Waals surface area contributed by atoms with Crippen molar-refractivity contribution in [2.45, 2.75) is 26.2 Å². The van der Waals surface area contributed by atoms with Crippen molar-refractivity contribution in [3.63, 3.8) is 0 Å². The van der Waals surface area contributed by atoms with Gasteiger partial charge in [0.1, 0.15) is 5.75 Å². The number of para-hydroxylation sites is 3. The summed E-state index contributed by atoms with van der Waals surface area (Å²) in [5.41, 5.74) is 10.2. The van der Waals surface area contributed by atoms with Gasteiger partial charge in [0, 0.05) is 49.4 Å². The largest absolute Gasteiger partial charge is 0.506 e. The van der Waals surface area contributed by atoms with Gasteiger partial charge in [-0.3, -0.25) is 9.97 Å². The molecule has 11 rings (SSSR count). The van der Waals surface area contributed by atoms with Gasteiger partial charge in [-0.2, -0.15) is 0 Å². The topological polar surface area (TPSA) is 60.2 Å². The number of fused-ring (bicyclic) bond motifs is 11. The van der Waals surface area contributed by atoms with Gasteiger partial charge in [-0.1, -0.05) is 129 Å². The molecule has 10 aromatic rings. The van der Waals surface area contributed by atoms with Gasteiger partial charge in [0.2, 0.25) is 0 Å². The molecule has 0 spiro atoms. The van der Waals surface area contributed by atoms with Gasteiger partial charge in [0.05, 0.1) is 33.0 Å². The number of hydrogen-bond acceptors (Lipinski definition) is 4. The molecule has 3 aromatic heterocycles. The Hall–Kier alpha value is -6.29. The Labute approximate surface area is 338 Å². The Bertz CT molecular complexity index is 3230. The van der Waals surface area contributed by atoms with Crippen molar-refractivity contribution >= 4 is 54.3 Å². The van der Waals surface area contributed by atoms with Crippen LogP contribution in [0.3, 0.4) is 0 Å². The average Bonchev–Trinajstić information content (AvgIpc) is 3.56. The molecule has 1 aliphatic rings. The zero-order valence-corrected chi connectivity index (χ0v) is 33.1. The second-order valence-corrected chi connectivity index (χ2v) is 15.5. The van der Waals surface area contributed by atoms with E-state index in [1.165, 1.54) is 0 Å². The van der Waals surface area contributed by atoms with Crippen LogP contribution in [0.4, 0.5) is 0 Å². The molecule has 6 heteroatoms. The third-order valence-electron chi connectivity index (χ3n) is 11.1. The summed E-state index contributed by atoms with van der Waals surface area (Å²) in [5.74, 6) is 1.76. The van der Waals surface area contributed by atoms with Gasteiger partial charge in [0.15, 0.2) is 11.5 Å². The molecule has 5 nitrogen and oxygen atoms in total. The first-order valence-electron chi connectivity index (χ1n) is 18.6. The predicted molar refractivity (Wildman–Crippen MR) is 224 cm³/mol. The second kappa shape index (κ2) is 12.6. The molecule has 0 unspecified atom stereocenters. The molecule has 0 bridgehead atoms. The smallest absolute Gasteiger partial charge is 0.152 e. The summed E-state index contributed by atoms with van der Waals surface area (Å²) in [6, 6.07) is 51.7. The van der Waals surface area contributed by atoms with Crippen molar-refractivity contribution in [2.24, 2.45) is 0 Å². The maximum atomic E-state index is 12.6. The molecule has 0 saturated carbocycles. The van der Waals surface area contributed by atoms with E-state index in [-0.39, 0.29) is 32.2 Å². The van der Waals surface area contributed by atoms with E-state index in [2.05, 4.69) is 128 Å². The summed E-state index contributed by atoms with van der Waals surface area (Å²) in [6.07, 6.45) is 1.87. The number of phenols is 1. The van der Waals surface area contributed by atoms with E-state index in [0.717, 1.165) is 111 Å². The van der Waals surface area contributed by atoms with E-state index < -0.39 is 0 Å². The number of aromatic nitrogens is 3. The number of hydrogen-bond donors (Lipinski definition) is 1. The number of benzene rings is 7. The van der Waals surface area contributed by atoms with Gasteiger partial charge in [0.25, 0.3) is 0 Å². The van der Waals surface area contributed by atoms with E-state index in [1.807, 2.05) is 48.7 Å². The van der Waals surface area contributed by atoms with E-state index >= 15 is 0 Å². The first-order chi connectivity index (χ1) is 26.8.